The largest absolute Gasteiger partial charge is 0.461 e. The van der Waals surface area contributed by atoms with Gasteiger partial charge in [0.2, 0.25) is 0 Å². The molecule has 1 amide bonds. The smallest absolute Gasteiger partial charge is 0.412 e. The average Bonchev–Trinajstić information content (AvgIpc) is 2.69. The molecule has 1 aliphatic heterocycles. The molecule has 0 spiro atoms. The minimum Gasteiger partial charge on any atom is -0.461 e. The van der Waals surface area contributed by atoms with Crippen LogP contribution < -0.4 is 0 Å². The summed E-state index contributed by atoms with van der Waals surface area (Å²) in [6.45, 7) is 6.92. The fourth-order valence-electron chi connectivity index (χ4n) is 3.83. The van der Waals surface area contributed by atoms with Crippen LogP contribution in [-0.4, -0.2) is 48.5 Å². The Balaban J connectivity index is 2.14. The van der Waals surface area contributed by atoms with Crippen LogP contribution in [0.1, 0.15) is 58.9 Å². The second-order valence-corrected chi connectivity index (χ2v) is 9.10. The van der Waals surface area contributed by atoms with E-state index in [0.717, 1.165) is 6.07 Å². The Bertz CT molecular complexity index is 765. The second kappa shape index (κ2) is 10.9. The van der Waals surface area contributed by atoms with Crippen LogP contribution in [0.2, 0.25) is 0 Å². The molecule has 0 bridgehead atoms. The molecule has 0 radical (unpaired) electrons. The predicted molar refractivity (Wildman–Crippen MR) is 111 cm³/mol. The molecule has 0 aliphatic carbocycles. The minimum atomic E-state index is -0.835. The standard InChI is InChI=1S/C23H33F2NO5/c1-15-11-16(12-17-9-10-18(24)13-19(17)25)7-6-8-20(21(27)30-15)26(14-29-5)22(28)31-23(2,3)4/h9-10,13,15-16,20H,6-8,11-12,14H2,1-5H3/t15-,16-,20-/m0/s1. The highest BCUT2D eigenvalue weighted by molar-refractivity contribution is 5.81. The lowest BCUT2D eigenvalue weighted by Gasteiger charge is -2.32. The quantitative estimate of drug-likeness (QED) is 0.483. The molecule has 3 atom stereocenters. The van der Waals surface area contributed by atoms with Gasteiger partial charge in [0.1, 0.15) is 30.0 Å². The highest BCUT2D eigenvalue weighted by atomic mass is 19.1. The van der Waals surface area contributed by atoms with E-state index >= 15 is 0 Å². The van der Waals surface area contributed by atoms with Gasteiger partial charge in [-0.15, -0.1) is 0 Å². The van der Waals surface area contributed by atoms with Gasteiger partial charge in [-0.3, -0.25) is 4.90 Å². The Hall–Kier alpha value is -2.22. The SMILES string of the molecule is COCN(C(=O)OC(C)(C)C)[C@H]1CCC[C@H](Cc2ccc(F)cc2F)C[C@H](C)OC1=O. The normalized spacial score (nSPS) is 22.7. The van der Waals surface area contributed by atoms with E-state index in [1.807, 2.05) is 0 Å². The summed E-state index contributed by atoms with van der Waals surface area (Å²) in [4.78, 5) is 26.8. The molecule has 31 heavy (non-hydrogen) atoms. The van der Waals surface area contributed by atoms with Crippen molar-refractivity contribution in [3.63, 3.8) is 0 Å². The molecular formula is C23H33F2NO5. The number of cyclic esters (lactones) is 1. The summed E-state index contributed by atoms with van der Waals surface area (Å²) in [7, 11) is 1.44. The Kier molecular flexibility index (Phi) is 8.79. The van der Waals surface area contributed by atoms with Gasteiger partial charge in [0, 0.05) is 13.2 Å². The number of amides is 1. The number of halogens is 2. The van der Waals surface area contributed by atoms with Crippen LogP contribution >= 0.6 is 0 Å². The van der Waals surface area contributed by atoms with Crippen LogP contribution in [0.4, 0.5) is 13.6 Å². The van der Waals surface area contributed by atoms with Crippen molar-refractivity contribution >= 4 is 12.1 Å². The van der Waals surface area contributed by atoms with Gasteiger partial charge in [0.05, 0.1) is 6.10 Å². The summed E-state index contributed by atoms with van der Waals surface area (Å²) in [5.74, 6) is -1.64. The number of carbonyl (C=O) groups excluding carboxylic acids is 2. The molecule has 0 unspecified atom stereocenters. The second-order valence-electron chi connectivity index (χ2n) is 9.10. The third-order valence-corrected chi connectivity index (χ3v) is 5.14. The van der Waals surface area contributed by atoms with Crippen molar-refractivity contribution in [3.8, 4) is 0 Å². The van der Waals surface area contributed by atoms with Gasteiger partial charge in [-0.2, -0.15) is 0 Å². The first kappa shape index (κ1) is 25.0. The average molecular weight is 442 g/mol. The summed E-state index contributed by atoms with van der Waals surface area (Å²) < 4.78 is 43.5. The van der Waals surface area contributed by atoms with Gasteiger partial charge in [0.25, 0.3) is 0 Å². The molecule has 0 saturated carbocycles. The lowest BCUT2D eigenvalue weighted by Crippen LogP contribution is -2.49. The maximum absolute atomic E-state index is 14.1. The molecule has 0 N–H and O–H groups in total. The van der Waals surface area contributed by atoms with Gasteiger partial charge in [-0.05, 0) is 70.9 Å². The molecule has 1 aromatic rings. The van der Waals surface area contributed by atoms with Gasteiger partial charge < -0.3 is 14.2 Å². The minimum absolute atomic E-state index is 0.0545. The Morgan fingerprint density at radius 3 is 2.58 bits per heavy atom. The molecule has 1 aliphatic rings. The Morgan fingerprint density at radius 1 is 1.26 bits per heavy atom. The number of hydrogen-bond donors (Lipinski definition) is 0. The molecule has 8 heteroatoms. The molecule has 1 saturated heterocycles. The highest BCUT2D eigenvalue weighted by Crippen LogP contribution is 2.27. The van der Waals surface area contributed by atoms with Crippen molar-refractivity contribution in [1.82, 2.24) is 4.90 Å². The molecule has 1 aromatic carbocycles. The van der Waals surface area contributed by atoms with Crippen LogP contribution in [-0.2, 0) is 25.4 Å². The zero-order valence-electron chi connectivity index (χ0n) is 19.0. The molecule has 2 rings (SSSR count). The maximum Gasteiger partial charge on any atom is 0.412 e. The first-order valence-electron chi connectivity index (χ1n) is 10.6. The Morgan fingerprint density at radius 2 is 1.97 bits per heavy atom. The summed E-state index contributed by atoms with van der Waals surface area (Å²) in [5.41, 5.74) is -0.279. The van der Waals surface area contributed by atoms with Crippen molar-refractivity contribution in [3.05, 3.63) is 35.4 Å². The lowest BCUT2D eigenvalue weighted by molar-refractivity contribution is -0.157. The number of benzene rings is 1. The molecule has 6 nitrogen and oxygen atoms in total. The first-order valence-corrected chi connectivity index (χ1v) is 10.6. The van der Waals surface area contributed by atoms with Crippen LogP contribution in [0.3, 0.4) is 0 Å². The molecule has 1 fully saturated rings. The summed E-state index contributed by atoms with van der Waals surface area (Å²) >= 11 is 0. The maximum atomic E-state index is 14.1. The summed E-state index contributed by atoms with van der Waals surface area (Å²) in [6, 6.07) is 2.75. The van der Waals surface area contributed by atoms with E-state index in [1.165, 1.54) is 24.1 Å². The third kappa shape index (κ3) is 7.76. The summed E-state index contributed by atoms with van der Waals surface area (Å²) in [6.07, 6.45) is 1.62. The topological polar surface area (TPSA) is 65.1 Å². The summed E-state index contributed by atoms with van der Waals surface area (Å²) in [5, 5.41) is 0. The van der Waals surface area contributed by atoms with Crippen molar-refractivity contribution in [2.24, 2.45) is 5.92 Å². The number of esters is 1. The monoisotopic (exact) mass is 441 g/mol. The van der Waals surface area contributed by atoms with E-state index in [9.17, 15) is 18.4 Å². The number of carbonyl (C=O) groups is 2. The van der Waals surface area contributed by atoms with Gasteiger partial charge >= 0.3 is 12.1 Å². The van der Waals surface area contributed by atoms with Crippen LogP contribution in [0.15, 0.2) is 18.2 Å². The van der Waals surface area contributed by atoms with E-state index in [2.05, 4.69) is 0 Å². The van der Waals surface area contributed by atoms with Gasteiger partial charge in [0.15, 0.2) is 0 Å². The van der Waals surface area contributed by atoms with Gasteiger partial charge in [-0.25, -0.2) is 18.4 Å². The van der Waals surface area contributed by atoms with Crippen molar-refractivity contribution in [2.75, 3.05) is 13.8 Å². The van der Waals surface area contributed by atoms with Crippen molar-refractivity contribution < 1.29 is 32.6 Å². The fraction of sp³-hybridized carbons (Fsp3) is 0.652. The highest BCUT2D eigenvalue weighted by Gasteiger charge is 2.36. The molecular weight excluding hydrogens is 408 g/mol. The number of hydrogen-bond acceptors (Lipinski definition) is 5. The lowest BCUT2D eigenvalue weighted by atomic mass is 9.89. The Labute approximate surface area is 182 Å². The predicted octanol–water partition coefficient (Wildman–Crippen LogP) is 4.84. The third-order valence-electron chi connectivity index (χ3n) is 5.14. The van der Waals surface area contributed by atoms with Crippen molar-refractivity contribution in [2.45, 2.75) is 77.5 Å². The van der Waals surface area contributed by atoms with Crippen LogP contribution in [0, 0.1) is 17.6 Å². The van der Waals surface area contributed by atoms with E-state index in [4.69, 9.17) is 14.2 Å². The molecule has 174 valence electrons. The van der Waals surface area contributed by atoms with E-state index in [-0.39, 0.29) is 12.6 Å². The van der Waals surface area contributed by atoms with Crippen LogP contribution in [0.25, 0.3) is 0 Å². The van der Waals surface area contributed by atoms with Crippen molar-refractivity contribution in [1.29, 1.82) is 0 Å². The van der Waals surface area contributed by atoms with E-state index in [0.29, 0.717) is 37.7 Å². The number of ether oxygens (including phenoxy) is 3. The van der Waals surface area contributed by atoms with E-state index in [1.54, 1.807) is 27.7 Å². The molecule has 1 heterocycles. The first-order chi connectivity index (χ1) is 14.5. The number of nitrogens with zero attached hydrogens (tertiary/aromatic N) is 1. The number of rotatable bonds is 5. The number of methoxy groups -OCH3 is 1. The van der Waals surface area contributed by atoms with Crippen LogP contribution in [0.5, 0.6) is 0 Å². The fourth-order valence-corrected chi connectivity index (χ4v) is 3.83. The zero-order valence-corrected chi connectivity index (χ0v) is 19.0. The van der Waals surface area contributed by atoms with E-state index < -0.39 is 41.4 Å². The van der Waals surface area contributed by atoms with Gasteiger partial charge in [-0.1, -0.05) is 12.5 Å². The zero-order chi connectivity index (χ0) is 23.2. The molecule has 0 aromatic heterocycles.